The number of benzene rings is 1. The predicted octanol–water partition coefficient (Wildman–Crippen LogP) is 4.37. The number of nitrogens with one attached hydrogen (secondary N) is 1. The Morgan fingerprint density at radius 3 is 2.73 bits per heavy atom. The van der Waals surface area contributed by atoms with Gasteiger partial charge in [0.2, 0.25) is 11.9 Å². The Labute approximate surface area is 243 Å². The van der Waals surface area contributed by atoms with Crippen molar-refractivity contribution in [1.82, 2.24) is 34.1 Å². The van der Waals surface area contributed by atoms with Crippen molar-refractivity contribution in [1.29, 1.82) is 0 Å². The van der Waals surface area contributed by atoms with Crippen LogP contribution in [0.5, 0.6) is 5.75 Å². The summed E-state index contributed by atoms with van der Waals surface area (Å²) >= 11 is 1.56. The minimum absolute atomic E-state index is 0.399. The Morgan fingerprint density at radius 1 is 1.12 bits per heavy atom. The summed E-state index contributed by atoms with van der Waals surface area (Å²) < 4.78 is 21.2. The Hall–Kier alpha value is -3.59. The molecule has 14 heteroatoms. The van der Waals surface area contributed by atoms with Crippen molar-refractivity contribution in [2.24, 2.45) is 0 Å². The van der Waals surface area contributed by atoms with E-state index >= 15 is 0 Å². The lowest BCUT2D eigenvalue weighted by Gasteiger charge is -2.27. The number of aromatic nitrogens is 7. The molecule has 0 spiro atoms. The molecular formula is C27H35N9O3SSi. The molecular weight excluding hydrogens is 559 g/mol. The molecule has 1 N–H and O–H groups in total. The third-order valence-electron chi connectivity index (χ3n) is 6.98. The van der Waals surface area contributed by atoms with Gasteiger partial charge in [-0.25, -0.2) is 9.97 Å². The molecule has 0 bridgehead atoms. The largest absolute Gasteiger partial charge is 0.494 e. The third kappa shape index (κ3) is 5.91. The molecule has 1 aliphatic heterocycles. The predicted molar refractivity (Wildman–Crippen MR) is 163 cm³/mol. The van der Waals surface area contributed by atoms with Gasteiger partial charge in [0.15, 0.2) is 5.65 Å². The topological polar surface area (TPSA) is 117 Å². The Kier molecular flexibility index (Phi) is 7.88. The molecule has 1 aromatic carbocycles. The number of thiazole rings is 1. The van der Waals surface area contributed by atoms with Gasteiger partial charge in [0.05, 0.1) is 44.1 Å². The number of para-hydroxylation sites is 1. The molecule has 0 saturated carbocycles. The quantitative estimate of drug-likeness (QED) is 0.175. The van der Waals surface area contributed by atoms with E-state index in [-0.39, 0.29) is 0 Å². The van der Waals surface area contributed by atoms with Crippen LogP contribution in [0.15, 0.2) is 36.0 Å². The van der Waals surface area contributed by atoms with Crippen molar-refractivity contribution in [3.8, 4) is 16.3 Å². The minimum atomic E-state index is -1.21. The molecule has 0 amide bonds. The normalized spacial score (nSPS) is 14.3. The molecule has 0 unspecified atom stereocenters. The van der Waals surface area contributed by atoms with Crippen LogP contribution in [-0.4, -0.2) is 82.2 Å². The summed E-state index contributed by atoms with van der Waals surface area (Å²) in [4.78, 5) is 21.4. The summed E-state index contributed by atoms with van der Waals surface area (Å²) in [6, 6.07) is 7.05. The first-order valence-electron chi connectivity index (χ1n) is 13.7. The second kappa shape index (κ2) is 11.7. The smallest absolute Gasteiger partial charge is 0.230 e. The fourth-order valence-corrected chi connectivity index (χ4v) is 6.10. The van der Waals surface area contributed by atoms with E-state index in [0.29, 0.717) is 50.6 Å². The van der Waals surface area contributed by atoms with Crippen molar-refractivity contribution in [2.75, 3.05) is 50.2 Å². The van der Waals surface area contributed by atoms with Crippen molar-refractivity contribution < 1.29 is 14.2 Å². The standard InChI is InChI=1S/C27H35N9O3SSi/c1-37-21-7-5-6-20-23(21)31-22(35(20)18-39-13-15-41(2,3)4)17-29-26-33-27(34-9-11-38-12-10-34)32-24-19(16-30-36(24)26)25-28-8-14-40-25/h5-8,14,16H,9-13,15,17-18H2,1-4H3,(H,29,32,33). The molecule has 1 aliphatic rings. The highest BCUT2D eigenvalue weighted by Crippen LogP contribution is 2.29. The van der Waals surface area contributed by atoms with Crippen LogP contribution in [0.25, 0.3) is 27.3 Å². The lowest BCUT2D eigenvalue weighted by molar-refractivity contribution is 0.0880. The second-order valence-corrected chi connectivity index (χ2v) is 17.6. The van der Waals surface area contributed by atoms with E-state index < -0.39 is 8.07 Å². The minimum Gasteiger partial charge on any atom is -0.494 e. The highest BCUT2D eigenvalue weighted by molar-refractivity contribution is 7.13. The van der Waals surface area contributed by atoms with Crippen LogP contribution in [-0.2, 0) is 22.7 Å². The van der Waals surface area contributed by atoms with E-state index in [1.807, 2.05) is 23.6 Å². The fraction of sp³-hybridized carbons (Fsp3) is 0.444. The molecule has 4 aromatic heterocycles. The first-order valence-corrected chi connectivity index (χ1v) is 18.3. The number of ether oxygens (including phenoxy) is 3. The van der Waals surface area contributed by atoms with E-state index in [0.717, 1.165) is 52.3 Å². The fourth-order valence-electron chi connectivity index (χ4n) is 4.70. The SMILES string of the molecule is COc1cccc2c1nc(CNc1nc(N3CCOCC3)nc3c(-c4nccs4)cnn13)n2COCC[Si](C)(C)C. The summed E-state index contributed by atoms with van der Waals surface area (Å²) in [6.45, 7) is 11.3. The molecule has 0 radical (unpaired) electrons. The van der Waals surface area contributed by atoms with Gasteiger partial charge in [-0.1, -0.05) is 25.7 Å². The zero-order valence-corrected chi connectivity index (χ0v) is 25.6. The van der Waals surface area contributed by atoms with Gasteiger partial charge in [0.1, 0.15) is 28.8 Å². The van der Waals surface area contributed by atoms with Gasteiger partial charge < -0.3 is 29.0 Å². The first-order chi connectivity index (χ1) is 19.9. The van der Waals surface area contributed by atoms with Gasteiger partial charge in [-0.15, -0.1) is 11.3 Å². The first kappa shape index (κ1) is 27.6. The molecule has 216 valence electrons. The Balaban J connectivity index is 1.34. The summed E-state index contributed by atoms with van der Waals surface area (Å²) in [5.74, 6) is 2.74. The van der Waals surface area contributed by atoms with E-state index in [2.05, 4.69) is 44.5 Å². The Bertz CT molecular complexity index is 1620. The van der Waals surface area contributed by atoms with Crippen molar-refractivity contribution in [3.05, 3.63) is 41.8 Å². The molecule has 5 aromatic rings. The summed E-state index contributed by atoms with van der Waals surface area (Å²) in [5, 5.41) is 10.9. The van der Waals surface area contributed by atoms with E-state index in [1.165, 1.54) is 0 Å². The van der Waals surface area contributed by atoms with Crippen LogP contribution in [0.1, 0.15) is 5.82 Å². The maximum Gasteiger partial charge on any atom is 0.230 e. The number of hydrogen-bond acceptors (Lipinski definition) is 11. The number of nitrogens with zero attached hydrogens (tertiary/aromatic N) is 8. The third-order valence-corrected chi connectivity index (χ3v) is 9.49. The van der Waals surface area contributed by atoms with Gasteiger partial charge in [0, 0.05) is 39.3 Å². The maximum atomic E-state index is 6.16. The van der Waals surface area contributed by atoms with Crippen LogP contribution in [0.3, 0.4) is 0 Å². The Morgan fingerprint density at radius 2 is 1.98 bits per heavy atom. The lowest BCUT2D eigenvalue weighted by atomic mass is 10.3. The lowest BCUT2D eigenvalue weighted by Crippen LogP contribution is -2.37. The molecule has 0 atom stereocenters. The van der Waals surface area contributed by atoms with Crippen LogP contribution < -0.4 is 15.0 Å². The van der Waals surface area contributed by atoms with Gasteiger partial charge in [-0.2, -0.15) is 19.6 Å². The maximum absolute atomic E-state index is 6.16. The molecule has 1 saturated heterocycles. The zero-order valence-electron chi connectivity index (χ0n) is 23.8. The van der Waals surface area contributed by atoms with Crippen molar-refractivity contribution in [2.45, 2.75) is 39.0 Å². The van der Waals surface area contributed by atoms with E-state index in [9.17, 15) is 0 Å². The van der Waals surface area contributed by atoms with Crippen molar-refractivity contribution in [3.63, 3.8) is 0 Å². The average Bonchev–Trinajstić information content (AvgIpc) is 3.72. The van der Waals surface area contributed by atoms with Gasteiger partial charge in [-0.3, -0.25) is 0 Å². The van der Waals surface area contributed by atoms with Crippen LogP contribution in [0, 0.1) is 0 Å². The summed E-state index contributed by atoms with van der Waals surface area (Å²) in [7, 11) is 0.459. The monoisotopic (exact) mass is 593 g/mol. The number of rotatable bonds is 11. The summed E-state index contributed by atoms with van der Waals surface area (Å²) in [5.41, 5.74) is 3.32. The summed E-state index contributed by atoms with van der Waals surface area (Å²) in [6.07, 6.45) is 3.58. The van der Waals surface area contributed by atoms with E-state index in [4.69, 9.17) is 29.2 Å². The number of anilines is 2. The van der Waals surface area contributed by atoms with Crippen molar-refractivity contribution >= 4 is 48.0 Å². The highest BCUT2D eigenvalue weighted by Gasteiger charge is 2.22. The molecule has 41 heavy (non-hydrogen) atoms. The number of methoxy groups -OCH3 is 1. The van der Waals surface area contributed by atoms with Crippen LogP contribution in [0.2, 0.25) is 25.7 Å². The second-order valence-electron chi connectivity index (χ2n) is 11.1. The van der Waals surface area contributed by atoms with Gasteiger partial charge >= 0.3 is 0 Å². The number of morpholine rings is 1. The number of imidazole rings is 1. The van der Waals surface area contributed by atoms with Gasteiger partial charge in [0.25, 0.3) is 0 Å². The van der Waals surface area contributed by atoms with Crippen LogP contribution >= 0.6 is 11.3 Å². The number of hydrogen-bond donors (Lipinski definition) is 1. The van der Waals surface area contributed by atoms with E-state index in [1.54, 1.807) is 35.4 Å². The molecule has 5 heterocycles. The van der Waals surface area contributed by atoms with Crippen LogP contribution in [0.4, 0.5) is 11.9 Å². The average molecular weight is 594 g/mol. The zero-order chi connectivity index (χ0) is 28.4. The molecule has 0 aliphatic carbocycles. The molecule has 1 fully saturated rings. The van der Waals surface area contributed by atoms with Gasteiger partial charge in [-0.05, 0) is 18.2 Å². The highest BCUT2D eigenvalue weighted by atomic mass is 32.1. The molecule has 6 rings (SSSR count). The molecule has 12 nitrogen and oxygen atoms in total. The number of fused-ring (bicyclic) bond motifs is 2.